The van der Waals surface area contributed by atoms with Gasteiger partial charge in [-0.3, -0.25) is 9.13 Å². The van der Waals surface area contributed by atoms with Crippen molar-refractivity contribution >= 4 is 33.3 Å². The van der Waals surface area contributed by atoms with E-state index in [-0.39, 0.29) is 11.7 Å². The van der Waals surface area contributed by atoms with E-state index in [0.29, 0.717) is 47.7 Å². The molecule has 0 spiro atoms. The van der Waals surface area contributed by atoms with Gasteiger partial charge < -0.3 is 0 Å². The van der Waals surface area contributed by atoms with Crippen molar-refractivity contribution in [3.05, 3.63) is 181 Å². The van der Waals surface area contributed by atoms with E-state index in [2.05, 4.69) is 12.2 Å². The van der Waals surface area contributed by atoms with Crippen LogP contribution in [0.25, 0.3) is 73.2 Å². The maximum Gasteiger partial charge on any atom is 0.164 e. The Kier molecular flexibility index (Phi) is 8.32. The van der Waals surface area contributed by atoms with Crippen LogP contribution in [-0.4, -0.2) is 40.2 Å². The van der Waals surface area contributed by atoms with Gasteiger partial charge in [-0.2, -0.15) is 0 Å². The third kappa shape index (κ3) is 5.94. The molecule has 7 nitrogen and oxygen atoms in total. The van der Waals surface area contributed by atoms with Crippen LogP contribution in [0.3, 0.4) is 0 Å². The van der Waals surface area contributed by atoms with E-state index in [4.69, 9.17) is 24.9 Å². The maximum absolute atomic E-state index is 14.9. The molecule has 3 aromatic heterocycles. The second-order valence-corrected chi connectivity index (χ2v) is 13.8. The lowest BCUT2D eigenvalue weighted by Crippen LogP contribution is -2.15. The summed E-state index contributed by atoms with van der Waals surface area (Å²) in [6.07, 6.45) is 11.6. The van der Waals surface area contributed by atoms with Gasteiger partial charge in [-0.25, -0.2) is 33.7 Å². The van der Waals surface area contributed by atoms with Crippen molar-refractivity contribution < 1.29 is 8.78 Å². The molecule has 0 radical (unpaired) electrons. The Balaban J connectivity index is 1.17. The number of alkyl halides is 1. The molecule has 0 fully saturated rings. The molecule has 0 amide bonds. The van der Waals surface area contributed by atoms with Crippen molar-refractivity contribution in [3.8, 4) is 39.9 Å². The molecule has 3 heterocycles. The van der Waals surface area contributed by atoms with Crippen LogP contribution in [-0.2, 0) is 0 Å². The summed E-state index contributed by atoms with van der Waals surface area (Å²) in [7, 11) is 0. The molecule has 0 bridgehead atoms. The SMILES string of the molecule is Fc1cccc(-n2c(-c3ccccc3-c3nc(-c4ccccc4)nc(C4CC=CC=C4c4nc5ccccc5n4C4=CC(F)CC=C4)n3)nc3ccccc32)c1. The Morgan fingerprint density at radius 2 is 1.29 bits per heavy atom. The molecule has 10 rings (SSSR count). The number of hydrogen-bond donors (Lipinski definition) is 0. The molecule has 2 aliphatic carbocycles. The zero-order valence-electron chi connectivity index (χ0n) is 30.0. The van der Waals surface area contributed by atoms with Gasteiger partial charge in [-0.15, -0.1) is 0 Å². The minimum absolute atomic E-state index is 0.307. The molecule has 2 atom stereocenters. The van der Waals surface area contributed by atoms with Gasteiger partial charge in [0.05, 0.1) is 33.7 Å². The predicted octanol–water partition coefficient (Wildman–Crippen LogP) is 11.0. The lowest BCUT2D eigenvalue weighted by molar-refractivity contribution is 0.402. The van der Waals surface area contributed by atoms with Crippen LogP contribution in [0.1, 0.15) is 30.4 Å². The van der Waals surface area contributed by atoms with Gasteiger partial charge in [0.2, 0.25) is 0 Å². The average molecular weight is 734 g/mol. The smallest absolute Gasteiger partial charge is 0.164 e. The van der Waals surface area contributed by atoms with Crippen LogP contribution in [0.5, 0.6) is 0 Å². The number of hydrogen-bond acceptors (Lipinski definition) is 5. The van der Waals surface area contributed by atoms with Crippen LogP contribution in [0.15, 0.2) is 164 Å². The van der Waals surface area contributed by atoms with Crippen molar-refractivity contribution in [2.24, 2.45) is 0 Å². The first-order valence-corrected chi connectivity index (χ1v) is 18.6. The second kappa shape index (κ2) is 13.9. The molecule has 0 aliphatic heterocycles. The molecule has 9 heteroatoms. The summed E-state index contributed by atoms with van der Waals surface area (Å²) in [6, 6.07) is 40.1. The Labute approximate surface area is 321 Å². The molecule has 8 aromatic rings. The van der Waals surface area contributed by atoms with Crippen LogP contribution in [0.4, 0.5) is 8.78 Å². The lowest BCUT2D eigenvalue weighted by atomic mass is 9.89. The molecular formula is C47H33F2N7. The maximum atomic E-state index is 14.9. The average Bonchev–Trinajstić information content (AvgIpc) is 3.83. The highest BCUT2D eigenvalue weighted by atomic mass is 19.1. The topological polar surface area (TPSA) is 74.3 Å². The largest absolute Gasteiger partial charge is 0.293 e. The van der Waals surface area contributed by atoms with Crippen LogP contribution in [0, 0.1) is 5.82 Å². The molecule has 0 N–H and O–H groups in total. The number of nitrogens with zero attached hydrogens (tertiary/aromatic N) is 7. The minimum Gasteiger partial charge on any atom is -0.293 e. The number of imidazole rings is 2. The lowest BCUT2D eigenvalue weighted by Gasteiger charge is -2.23. The van der Waals surface area contributed by atoms with Gasteiger partial charge in [0.1, 0.15) is 29.5 Å². The highest BCUT2D eigenvalue weighted by molar-refractivity contribution is 5.89. The zero-order chi connectivity index (χ0) is 37.6. The van der Waals surface area contributed by atoms with Gasteiger partial charge in [-0.05, 0) is 61.0 Å². The first-order chi connectivity index (χ1) is 27.6. The standard InChI is InChI=1S/C47H33F2N7/c48-31-16-12-18-33(28-31)55-41-26-10-8-24-39(41)50-46(55)37-22-6-4-20-35(37)44-52-43(30-14-2-1-3-15-30)53-45(54-44)36-21-5-7-23-38(36)47-51-40-25-9-11-27-42(40)56(47)34-19-13-17-32(49)29-34/h1-16,18-20,22-29,32,36H,17,21H2. The monoisotopic (exact) mass is 733 g/mol. The fraction of sp³-hybridized carbons (Fsp3) is 0.0851. The summed E-state index contributed by atoms with van der Waals surface area (Å²) in [6.45, 7) is 0. The first kappa shape index (κ1) is 33.4. The number of halogens is 2. The molecule has 0 saturated heterocycles. The number of rotatable bonds is 7. The number of para-hydroxylation sites is 4. The Morgan fingerprint density at radius 3 is 2.07 bits per heavy atom. The summed E-state index contributed by atoms with van der Waals surface area (Å²) < 4.78 is 33.6. The Morgan fingerprint density at radius 1 is 0.589 bits per heavy atom. The molecule has 56 heavy (non-hydrogen) atoms. The Bertz CT molecular complexity index is 2920. The number of fused-ring (bicyclic) bond motifs is 2. The van der Waals surface area contributed by atoms with E-state index in [9.17, 15) is 8.78 Å². The molecule has 2 aliphatic rings. The molecule has 0 saturated carbocycles. The molecule has 5 aromatic carbocycles. The van der Waals surface area contributed by atoms with E-state index in [1.165, 1.54) is 12.1 Å². The fourth-order valence-corrected chi connectivity index (χ4v) is 7.70. The highest BCUT2D eigenvalue weighted by Crippen LogP contribution is 2.41. The van der Waals surface area contributed by atoms with E-state index >= 15 is 0 Å². The zero-order valence-corrected chi connectivity index (χ0v) is 30.0. The first-order valence-electron chi connectivity index (χ1n) is 18.6. The van der Waals surface area contributed by atoms with Crippen molar-refractivity contribution in [3.63, 3.8) is 0 Å². The summed E-state index contributed by atoms with van der Waals surface area (Å²) in [5, 5.41) is 0. The fourth-order valence-electron chi connectivity index (χ4n) is 7.70. The summed E-state index contributed by atoms with van der Waals surface area (Å²) in [5.41, 5.74) is 7.99. The third-order valence-corrected chi connectivity index (χ3v) is 10.3. The van der Waals surface area contributed by atoms with Crippen LogP contribution >= 0.6 is 0 Å². The van der Waals surface area contributed by atoms with Gasteiger partial charge in [0.15, 0.2) is 11.6 Å². The van der Waals surface area contributed by atoms with E-state index in [0.717, 1.165) is 50.0 Å². The van der Waals surface area contributed by atoms with Crippen molar-refractivity contribution in [1.29, 1.82) is 0 Å². The van der Waals surface area contributed by atoms with Crippen molar-refractivity contribution in [2.45, 2.75) is 24.9 Å². The second-order valence-electron chi connectivity index (χ2n) is 13.8. The number of benzene rings is 5. The Hall–Kier alpha value is -7.13. The van der Waals surface area contributed by atoms with Crippen molar-refractivity contribution in [1.82, 2.24) is 34.1 Å². The van der Waals surface area contributed by atoms with E-state index in [1.54, 1.807) is 12.1 Å². The third-order valence-electron chi connectivity index (χ3n) is 10.3. The van der Waals surface area contributed by atoms with E-state index < -0.39 is 6.17 Å². The quantitative estimate of drug-likeness (QED) is 0.163. The summed E-state index contributed by atoms with van der Waals surface area (Å²) >= 11 is 0. The predicted molar refractivity (Wildman–Crippen MR) is 218 cm³/mol. The van der Waals surface area contributed by atoms with Gasteiger partial charge in [-0.1, -0.05) is 109 Å². The molecular weight excluding hydrogens is 701 g/mol. The van der Waals surface area contributed by atoms with Crippen molar-refractivity contribution in [2.75, 3.05) is 0 Å². The highest BCUT2D eigenvalue weighted by Gasteiger charge is 2.30. The number of allylic oxidation sites excluding steroid dienone is 8. The normalized spacial score (nSPS) is 16.7. The van der Waals surface area contributed by atoms with Gasteiger partial charge in [0.25, 0.3) is 0 Å². The minimum atomic E-state index is -1.09. The number of aromatic nitrogens is 7. The van der Waals surface area contributed by atoms with Gasteiger partial charge in [0, 0.05) is 34.4 Å². The van der Waals surface area contributed by atoms with E-state index in [1.807, 2.05) is 137 Å². The summed E-state index contributed by atoms with van der Waals surface area (Å²) in [5.74, 6) is 2.27. The van der Waals surface area contributed by atoms with Gasteiger partial charge >= 0.3 is 0 Å². The summed E-state index contributed by atoms with van der Waals surface area (Å²) in [4.78, 5) is 25.8. The molecule has 270 valence electrons. The van der Waals surface area contributed by atoms with Crippen LogP contribution < -0.4 is 0 Å². The van der Waals surface area contributed by atoms with Crippen LogP contribution in [0.2, 0.25) is 0 Å². The molecule has 2 unspecified atom stereocenters.